The maximum atomic E-state index is 5.11. The zero-order valence-electron chi connectivity index (χ0n) is 5.96. The average Bonchev–Trinajstić information content (AvgIpc) is 1.88. The van der Waals surface area contributed by atoms with Gasteiger partial charge in [0.15, 0.2) is 0 Å². The van der Waals surface area contributed by atoms with Crippen molar-refractivity contribution in [3.8, 4) is 12.3 Å². The molecule has 49 valence electrons. The normalized spacial score (nSPS) is 8.80. The van der Waals surface area contributed by atoms with Crippen molar-refractivity contribution in [3.05, 3.63) is 41.8 Å². The SMILES string of the molecule is C#C[CH]c1cccc(C)c1. The molecule has 0 fully saturated rings. The van der Waals surface area contributed by atoms with Crippen LogP contribution in [-0.4, -0.2) is 0 Å². The zero-order valence-corrected chi connectivity index (χ0v) is 5.96. The first kappa shape index (κ1) is 6.89. The topological polar surface area (TPSA) is 0 Å². The molecule has 1 radical (unpaired) electrons. The smallest absolute Gasteiger partial charge is 0.0628 e. The standard InChI is InChI=1S/C10H9/c1-3-5-10-7-4-6-9(2)8-10/h1,4-8H,2H3. The lowest BCUT2D eigenvalue weighted by atomic mass is 10.1. The summed E-state index contributed by atoms with van der Waals surface area (Å²) in [5.74, 6) is 2.49. The van der Waals surface area contributed by atoms with Gasteiger partial charge in [0.1, 0.15) is 0 Å². The molecule has 0 nitrogen and oxygen atoms in total. The van der Waals surface area contributed by atoms with E-state index >= 15 is 0 Å². The third-order valence-electron chi connectivity index (χ3n) is 1.29. The first-order valence-corrected chi connectivity index (χ1v) is 3.19. The van der Waals surface area contributed by atoms with Crippen LogP contribution in [-0.2, 0) is 0 Å². The Morgan fingerprint density at radius 1 is 1.50 bits per heavy atom. The summed E-state index contributed by atoms with van der Waals surface area (Å²) >= 11 is 0. The second-order valence-electron chi connectivity index (χ2n) is 2.23. The highest BCUT2D eigenvalue weighted by molar-refractivity contribution is 5.33. The van der Waals surface area contributed by atoms with Crippen LogP contribution in [0.5, 0.6) is 0 Å². The van der Waals surface area contributed by atoms with Crippen LogP contribution in [0, 0.1) is 25.7 Å². The number of rotatable bonds is 1. The van der Waals surface area contributed by atoms with E-state index in [-0.39, 0.29) is 0 Å². The molecule has 0 bridgehead atoms. The van der Waals surface area contributed by atoms with E-state index in [1.54, 1.807) is 6.42 Å². The molecule has 1 rings (SSSR count). The number of terminal acetylenes is 1. The molecule has 0 atom stereocenters. The Bertz CT molecular complexity index is 253. The van der Waals surface area contributed by atoms with Crippen LogP contribution in [0.1, 0.15) is 11.1 Å². The molecule has 1 aromatic rings. The van der Waals surface area contributed by atoms with Crippen LogP contribution in [0.15, 0.2) is 24.3 Å². The molecule has 0 spiro atoms. The van der Waals surface area contributed by atoms with E-state index in [4.69, 9.17) is 6.42 Å². The molecule has 0 saturated carbocycles. The highest BCUT2D eigenvalue weighted by Crippen LogP contribution is 2.04. The van der Waals surface area contributed by atoms with Gasteiger partial charge in [-0.3, -0.25) is 0 Å². The summed E-state index contributed by atoms with van der Waals surface area (Å²) < 4.78 is 0. The van der Waals surface area contributed by atoms with E-state index in [1.807, 2.05) is 25.1 Å². The predicted octanol–water partition coefficient (Wildman–Crippen LogP) is 2.18. The van der Waals surface area contributed by atoms with E-state index in [2.05, 4.69) is 12.0 Å². The second kappa shape index (κ2) is 3.08. The van der Waals surface area contributed by atoms with Crippen molar-refractivity contribution >= 4 is 0 Å². The van der Waals surface area contributed by atoms with E-state index in [9.17, 15) is 0 Å². The highest BCUT2D eigenvalue weighted by Gasteiger charge is 1.88. The fourth-order valence-electron chi connectivity index (χ4n) is 0.856. The lowest BCUT2D eigenvalue weighted by Crippen LogP contribution is -1.78. The number of aryl methyl sites for hydroxylation is 1. The molecule has 1 aromatic carbocycles. The van der Waals surface area contributed by atoms with Crippen molar-refractivity contribution in [2.24, 2.45) is 0 Å². The minimum atomic E-state index is 1.10. The number of hydrogen-bond donors (Lipinski definition) is 0. The first-order chi connectivity index (χ1) is 4.83. The maximum absolute atomic E-state index is 5.11. The summed E-state index contributed by atoms with van der Waals surface area (Å²) in [5, 5.41) is 0. The lowest BCUT2D eigenvalue weighted by molar-refractivity contribution is 1.42. The van der Waals surface area contributed by atoms with Gasteiger partial charge in [-0.05, 0) is 12.5 Å². The van der Waals surface area contributed by atoms with Crippen molar-refractivity contribution in [1.82, 2.24) is 0 Å². The molecular weight excluding hydrogens is 120 g/mol. The highest BCUT2D eigenvalue weighted by atomic mass is 13.9. The largest absolute Gasteiger partial charge is 0.119 e. The average molecular weight is 129 g/mol. The van der Waals surface area contributed by atoms with Crippen LogP contribution in [0.3, 0.4) is 0 Å². The van der Waals surface area contributed by atoms with Crippen LogP contribution in [0.25, 0.3) is 0 Å². The molecule has 0 aliphatic rings. The number of benzene rings is 1. The molecule has 0 saturated heterocycles. The molecule has 0 amide bonds. The van der Waals surface area contributed by atoms with Crippen molar-refractivity contribution in [3.63, 3.8) is 0 Å². The van der Waals surface area contributed by atoms with Crippen LogP contribution < -0.4 is 0 Å². The van der Waals surface area contributed by atoms with Gasteiger partial charge >= 0.3 is 0 Å². The van der Waals surface area contributed by atoms with Gasteiger partial charge in [-0.15, -0.1) is 6.42 Å². The summed E-state index contributed by atoms with van der Waals surface area (Å²) in [6, 6.07) is 8.10. The molecule has 0 N–H and O–H groups in total. The van der Waals surface area contributed by atoms with Gasteiger partial charge in [-0.25, -0.2) is 0 Å². The third kappa shape index (κ3) is 1.63. The Morgan fingerprint density at radius 2 is 2.30 bits per heavy atom. The summed E-state index contributed by atoms with van der Waals surface area (Å²) in [6.07, 6.45) is 6.86. The summed E-state index contributed by atoms with van der Waals surface area (Å²) in [7, 11) is 0. The Kier molecular flexibility index (Phi) is 2.12. The van der Waals surface area contributed by atoms with E-state index in [0.29, 0.717) is 0 Å². The van der Waals surface area contributed by atoms with E-state index in [1.165, 1.54) is 5.56 Å². The van der Waals surface area contributed by atoms with Gasteiger partial charge in [0.25, 0.3) is 0 Å². The molecule has 0 aromatic heterocycles. The second-order valence-corrected chi connectivity index (χ2v) is 2.23. The maximum Gasteiger partial charge on any atom is 0.0628 e. The van der Waals surface area contributed by atoms with E-state index in [0.717, 1.165) is 5.56 Å². The van der Waals surface area contributed by atoms with Crippen molar-refractivity contribution in [2.75, 3.05) is 0 Å². The fourth-order valence-corrected chi connectivity index (χ4v) is 0.856. The molecule has 0 heteroatoms. The number of hydrogen-bond acceptors (Lipinski definition) is 0. The van der Waals surface area contributed by atoms with Gasteiger partial charge in [0.2, 0.25) is 0 Å². The summed E-state index contributed by atoms with van der Waals surface area (Å²) in [4.78, 5) is 0. The zero-order chi connectivity index (χ0) is 7.40. The van der Waals surface area contributed by atoms with Gasteiger partial charge < -0.3 is 0 Å². The molecule has 0 aliphatic heterocycles. The van der Waals surface area contributed by atoms with E-state index < -0.39 is 0 Å². The molecule has 10 heavy (non-hydrogen) atoms. The van der Waals surface area contributed by atoms with Gasteiger partial charge in [0, 0.05) is 0 Å². The first-order valence-electron chi connectivity index (χ1n) is 3.19. The Hall–Kier alpha value is -1.22. The predicted molar refractivity (Wildman–Crippen MR) is 43.4 cm³/mol. The fraction of sp³-hybridized carbons (Fsp3) is 0.100. The van der Waals surface area contributed by atoms with Gasteiger partial charge in [-0.2, -0.15) is 0 Å². The van der Waals surface area contributed by atoms with Crippen LogP contribution in [0.2, 0.25) is 0 Å². The quantitative estimate of drug-likeness (QED) is 0.510. The molecule has 0 aliphatic carbocycles. The molecule has 0 heterocycles. The Balaban J connectivity index is 2.87. The Morgan fingerprint density at radius 3 is 2.90 bits per heavy atom. The third-order valence-corrected chi connectivity index (χ3v) is 1.29. The minimum Gasteiger partial charge on any atom is -0.119 e. The minimum absolute atomic E-state index is 1.10. The molecule has 0 unspecified atom stereocenters. The summed E-state index contributed by atoms with van der Waals surface area (Å²) in [5.41, 5.74) is 2.34. The van der Waals surface area contributed by atoms with Crippen LogP contribution in [0.4, 0.5) is 0 Å². The summed E-state index contributed by atoms with van der Waals surface area (Å²) in [6.45, 7) is 2.05. The van der Waals surface area contributed by atoms with Crippen molar-refractivity contribution in [1.29, 1.82) is 0 Å². The Labute approximate surface area is 61.9 Å². The van der Waals surface area contributed by atoms with Crippen molar-refractivity contribution in [2.45, 2.75) is 6.92 Å². The van der Waals surface area contributed by atoms with Gasteiger partial charge in [0.05, 0.1) is 6.42 Å². The van der Waals surface area contributed by atoms with Crippen LogP contribution >= 0.6 is 0 Å². The lowest BCUT2D eigenvalue weighted by Gasteiger charge is -1.94. The van der Waals surface area contributed by atoms with Gasteiger partial charge in [-0.1, -0.05) is 35.7 Å². The monoisotopic (exact) mass is 129 g/mol. The molecular formula is C10H9. The van der Waals surface area contributed by atoms with Crippen molar-refractivity contribution < 1.29 is 0 Å².